The van der Waals surface area contributed by atoms with E-state index in [0.29, 0.717) is 48.5 Å². The van der Waals surface area contributed by atoms with Gasteiger partial charge in [0.15, 0.2) is 10.3 Å². The molecular formula is C18H19N7O2S2. The number of ether oxygens (including phenoxy) is 1. The Hall–Kier alpha value is -2.76. The van der Waals surface area contributed by atoms with Crippen molar-refractivity contribution in [3.05, 3.63) is 41.9 Å². The fourth-order valence-corrected chi connectivity index (χ4v) is 3.77. The molecule has 11 heteroatoms. The number of anilines is 4. The third-order valence-electron chi connectivity index (χ3n) is 3.94. The number of rotatable bonds is 7. The zero-order valence-corrected chi connectivity index (χ0v) is 17.1. The standard InChI is InChI=1S/C18H19N7O2S2/c26-14(21-17-19-6-11-28-17)12-29-18-23-15(20-13-4-2-1-3-5-13)22-16(24-18)25-7-9-27-10-8-25/h1-6,11H,7-10,12H2,(H,19,21,26)(H,20,22,23,24). The number of hydrogen-bond donors (Lipinski definition) is 2. The lowest BCUT2D eigenvalue weighted by molar-refractivity contribution is -0.113. The van der Waals surface area contributed by atoms with Gasteiger partial charge < -0.3 is 20.3 Å². The van der Waals surface area contributed by atoms with Crippen LogP contribution >= 0.6 is 23.1 Å². The highest BCUT2D eigenvalue weighted by Crippen LogP contribution is 2.22. The Morgan fingerprint density at radius 3 is 2.76 bits per heavy atom. The van der Waals surface area contributed by atoms with Gasteiger partial charge in [-0.2, -0.15) is 15.0 Å². The number of carbonyl (C=O) groups is 1. The van der Waals surface area contributed by atoms with E-state index in [1.807, 2.05) is 35.7 Å². The number of nitrogens with zero attached hydrogens (tertiary/aromatic N) is 5. The van der Waals surface area contributed by atoms with E-state index in [1.54, 1.807) is 6.20 Å². The van der Waals surface area contributed by atoms with Gasteiger partial charge in [0.2, 0.25) is 17.8 Å². The van der Waals surface area contributed by atoms with Crippen LogP contribution in [-0.4, -0.2) is 57.9 Å². The van der Waals surface area contributed by atoms with Crippen molar-refractivity contribution in [3.63, 3.8) is 0 Å². The molecule has 1 aliphatic heterocycles. The third-order valence-corrected chi connectivity index (χ3v) is 5.47. The molecule has 1 amide bonds. The monoisotopic (exact) mass is 429 g/mol. The first-order valence-corrected chi connectivity index (χ1v) is 10.9. The van der Waals surface area contributed by atoms with Crippen LogP contribution in [0.15, 0.2) is 47.1 Å². The van der Waals surface area contributed by atoms with E-state index in [0.717, 1.165) is 5.69 Å². The molecule has 1 aliphatic rings. The van der Waals surface area contributed by atoms with E-state index in [1.165, 1.54) is 23.1 Å². The zero-order valence-electron chi connectivity index (χ0n) is 15.4. The fraction of sp³-hybridized carbons (Fsp3) is 0.278. The topological polar surface area (TPSA) is 105 Å². The molecule has 1 saturated heterocycles. The number of aromatic nitrogens is 4. The number of para-hydroxylation sites is 1. The van der Waals surface area contributed by atoms with E-state index in [2.05, 4.69) is 35.5 Å². The summed E-state index contributed by atoms with van der Waals surface area (Å²) in [4.78, 5) is 31.9. The number of benzene rings is 1. The van der Waals surface area contributed by atoms with Gasteiger partial charge in [-0.15, -0.1) is 11.3 Å². The van der Waals surface area contributed by atoms with Crippen molar-refractivity contribution in [2.75, 3.05) is 47.6 Å². The minimum Gasteiger partial charge on any atom is -0.378 e. The molecule has 3 heterocycles. The lowest BCUT2D eigenvalue weighted by Crippen LogP contribution is -2.37. The molecule has 0 saturated carbocycles. The normalized spacial score (nSPS) is 13.9. The van der Waals surface area contributed by atoms with Gasteiger partial charge in [-0.1, -0.05) is 30.0 Å². The van der Waals surface area contributed by atoms with Crippen molar-refractivity contribution in [2.45, 2.75) is 5.16 Å². The molecule has 4 rings (SSSR count). The maximum Gasteiger partial charge on any atom is 0.236 e. The minimum absolute atomic E-state index is 0.157. The molecule has 0 unspecified atom stereocenters. The van der Waals surface area contributed by atoms with Crippen LogP contribution in [0.4, 0.5) is 22.7 Å². The summed E-state index contributed by atoms with van der Waals surface area (Å²) in [6.07, 6.45) is 1.65. The molecule has 2 N–H and O–H groups in total. The molecule has 1 aromatic carbocycles. The van der Waals surface area contributed by atoms with E-state index in [9.17, 15) is 4.79 Å². The zero-order chi connectivity index (χ0) is 19.9. The molecular weight excluding hydrogens is 410 g/mol. The number of amides is 1. The van der Waals surface area contributed by atoms with Gasteiger partial charge in [-0.3, -0.25) is 4.79 Å². The van der Waals surface area contributed by atoms with Crippen molar-refractivity contribution in [1.29, 1.82) is 0 Å². The van der Waals surface area contributed by atoms with E-state index >= 15 is 0 Å². The number of thiazole rings is 1. The molecule has 0 bridgehead atoms. The predicted octanol–water partition coefficient (Wildman–Crippen LogP) is 2.64. The van der Waals surface area contributed by atoms with Crippen LogP contribution in [-0.2, 0) is 9.53 Å². The summed E-state index contributed by atoms with van der Waals surface area (Å²) in [6, 6.07) is 9.69. The van der Waals surface area contributed by atoms with Crippen LogP contribution in [0.5, 0.6) is 0 Å². The molecule has 29 heavy (non-hydrogen) atoms. The maximum atomic E-state index is 12.2. The van der Waals surface area contributed by atoms with Gasteiger partial charge >= 0.3 is 0 Å². The first-order valence-electron chi connectivity index (χ1n) is 8.99. The molecule has 1 fully saturated rings. The van der Waals surface area contributed by atoms with Gasteiger partial charge in [0.05, 0.1) is 19.0 Å². The highest BCUT2D eigenvalue weighted by atomic mass is 32.2. The number of hydrogen-bond acceptors (Lipinski definition) is 10. The second-order valence-corrected chi connectivity index (χ2v) is 7.84. The second kappa shape index (κ2) is 9.63. The predicted molar refractivity (Wildman–Crippen MR) is 114 cm³/mol. The molecule has 0 aliphatic carbocycles. The van der Waals surface area contributed by atoms with Crippen molar-refractivity contribution >= 4 is 51.7 Å². The summed E-state index contributed by atoms with van der Waals surface area (Å²) >= 11 is 2.63. The molecule has 0 atom stereocenters. The van der Waals surface area contributed by atoms with Crippen LogP contribution in [0.1, 0.15) is 0 Å². The second-order valence-electron chi connectivity index (χ2n) is 6.01. The van der Waals surface area contributed by atoms with Gasteiger partial charge in [0, 0.05) is 30.4 Å². The summed E-state index contributed by atoms with van der Waals surface area (Å²) in [6.45, 7) is 2.69. The lowest BCUT2D eigenvalue weighted by atomic mass is 10.3. The Labute approximate surface area is 176 Å². The quantitative estimate of drug-likeness (QED) is 0.548. The summed E-state index contributed by atoms with van der Waals surface area (Å²) < 4.78 is 5.41. The molecule has 0 spiro atoms. The smallest absolute Gasteiger partial charge is 0.236 e. The summed E-state index contributed by atoms with van der Waals surface area (Å²) in [5.41, 5.74) is 0.879. The van der Waals surface area contributed by atoms with Crippen molar-refractivity contribution < 1.29 is 9.53 Å². The maximum absolute atomic E-state index is 12.2. The van der Waals surface area contributed by atoms with Crippen LogP contribution < -0.4 is 15.5 Å². The first-order chi connectivity index (χ1) is 14.3. The fourth-order valence-electron chi connectivity index (χ4n) is 2.59. The summed E-state index contributed by atoms with van der Waals surface area (Å²) in [5.74, 6) is 1.03. The van der Waals surface area contributed by atoms with Crippen molar-refractivity contribution in [2.24, 2.45) is 0 Å². The van der Waals surface area contributed by atoms with Gasteiger partial charge in [-0.25, -0.2) is 4.98 Å². The third kappa shape index (κ3) is 5.62. The average molecular weight is 430 g/mol. The number of carbonyl (C=O) groups excluding carboxylic acids is 1. The highest BCUT2D eigenvalue weighted by molar-refractivity contribution is 7.99. The Balaban J connectivity index is 1.49. The molecule has 150 valence electrons. The number of nitrogens with one attached hydrogen (secondary N) is 2. The van der Waals surface area contributed by atoms with Crippen molar-refractivity contribution in [3.8, 4) is 0 Å². The Bertz CT molecular complexity index is 935. The van der Waals surface area contributed by atoms with Crippen LogP contribution in [0.25, 0.3) is 0 Å². The Morgan fingerprint density at radius 1 is 1.17 bits per heavy atom. The summed E-state index contributed by atoms with van der Waals surface area (Å²) in [5, 5.41) is 8.83. The molecule has 9 nitrogen and oxygen atoms in total. The van der Waals surface area contributed by atoms with Crippen LogP contribution in [0.3, 0.4) is 0 Å². The highest BCUT2D eigenvalue weighted by Gasteiger charge is 2.17. The lowest BCUT2D eigenvalue weighted by Gasteiger charge is -2.27. The Kier molecular flexibility index (Phi) is 6.49. The van der Waals surface area contributed by atoms with Gasteiger partial charge in [0.25, 0.3) is 0 Å². The van der Waals surface area contributed by atoms with Crippen LogP contribution in [0, 0.1) is 0 Å². The molecule has 3 aromatic rings. The largest absolute Gasteiger partial charge is 0.378 e. The van der Waals surface area contributed by atoms with E-state index in [4.69, 9.17) is 4.74 Å². The summed E-state index contributed by atoms with van der Waals surface area (Å²) in [7, 11) is 0. The van der Waals surface area contributed by atoms with Crippen molar-refractivity contribution in [1.82, 2.24) is 19.9 Å². The van der Waals surface area contributed by atoms with E-state index in [-0.39, 0.29) is 11.7 Å². The minimum atomic E-state index is -0.157. The molecule has 2 aromatic heterocycles. The Morgan fingerprint density at radius 2 is 2.00 bits per heavy atom. The number of morpholine rings is 1. The van der Waals surface area contributed by atoms with Crippen LogP contribution in [0.2, 0.25) is 0 Å². The molecule has 0 radical (unpaired) electrons. The van der Waals surface area contributed by atoms with E-state index < -0.39 is 0 Å². The SMILES string of the molecule is O=C(CSc1nc(Nc2ccccc2)nc(N2CCOCC2)n1)Nc1nccs1. The first kappa shape index (κ1) is 19.6. The average Bonchev–Trinajstić information content (AvgIpc) is 3.26. The number of thioether (sulfide) groups is 1. The van der Waals surface area contributed by atoms with Gasteiger partial charge in [-0.05, 0) is 12.1 Å². The van der Waals surface area contributed by atoms with Gasteiger partial charge in [0.1, 0.15) is 0 Å².